The maximum Gasteiger partial charge on any atom is 0.124 e. The Morgan fingerprint density at radius 2 is 1.60 bits per heavy atom. The van der Waals surface area contributed by atoms with E-state index in [0.717, 1.165) is 11.3 Å². The molecule has 0 spiro atoms. The van der Waals surface area contributed by atoms with Gasteiger partial charge in [-0.25, -0.2) is 0 Å². The van der Waals surface area contributed by atoms with Gasteiger partial charge in [0.25, 0.3) is 0 Å². The van der Waals surface area contributed by atoms with Gasteiger partial charge in [0.2, 0.25) is 0 Å². The fourth-order valence-electron chi connectivity index (χ4n) is 1.94. The second-order valence-corrected chi connectivity index (χ2v) is 4.33. The van der Waals surface area contributed by atoms with E-state index in [1.807, 2.05) is 24.3 Å². The maximum atomic E-state index is 9.47. The molecule has 5 nitrogen and oxygen atoms in total. The molecule has 0 saturated carbocycles. The number of methoxy groups -OCH3 is 3. The van der Waals surface area contributed by atoms with Crippen LogP contribution in [0.5, 0.6) is 5.75 Å². The molecule has 0 amide bonds. The van der Waals surface area contributed by atoms with E-state index in [4.69, 9.17) is 14.2 Å². The second kappa shape index (κ2) is 9.32. The number of rotatable bonds is 9. The maximum absolute atomic E-state index is 9.47. The van der Waals surface area contributed by atoms with Crippen LogP contribution >= 0.6 is 0 Å². The van der Waals surface area contributed by atoms with Crippen LogP contribution < -0.4 is 4.74 Å². The minimum atomic E-state index is -0.314. The Kier molecular flexibility index (Phi) is 7.66. The largest absolute Gasteiger partial charge is 0.497 e. The van der Waals surface area contributed by atoms with Crippen LogP contribution in [0.15, 0.2) is 24.3 Å². The molecule has 1 rings (SSSR count). The van der Waals surface area contributed by atoms with Crippen molar-refractivity contribution in [1.82, 2.24) is 4.90 Å². The SMILES string of the molecule is COCCN(CCOC)C(C#N)c1ccc(OC)cc1. The summed E-state index contributed by atoms with van der Waals surface area (Å²) < 4.78 is 15.4. The van der Waals surface area contributed by atoms with Crippen LogP contribution in [0.1, 0.15) is 11.6 Å². The third kappa shape index (κ3) is 4.82. The van der Waals surface area contributed by atoms with Crippen molar-refractivity contribution in [3.63, 3.8) is 0 Å². The van der Waals surface area contributed by atoms with E-state index in [1.54, 1.807) is 21.3 Å². The first-order valence-corrected chi connectivity index (χ1v) is 6.52. The van der Waals surface area contributed by atoms with Crippen molar-refractivity contribution in [2.45, 2.75) is 6.04 Å². The van der Waals surface area contributed by atoms with Gasteiger partial charge in [-0.3, -0.25) is 4.90 Å². The summed E-state index contributed by atoms with van der Waals surface area (Å²) in [4.78, 5) is 2.05. The van der Waals surface area contributed by atoms with E-state index in [1.165, 1.54) is 0 Å². The Bertz CT molecular complexity index is 406. The predicted molar refractivity (Wildman–Crippen MR) is 76.7 cm³/mol. The van der Waals surface area contributed by atoms with Gasteiger partial charge in [-0.2, -0.15) is 5.26 Å². The zero-order chi connectivity index (χ0) is 14.8. The van der Waals surface area contributed by atoms with Gasteiger partial charge in [-0.15, -0.1) is 0 Å². The Hall–Kier alpha value is -1.61. The average Bonchev–Trinajstić information content (AvgIpc) is 2.50. The summed E-state index contributed by atoms with van der Waals surface area (Å²) in [6, 6.07) is 9.60. The average molecular weight is 278 g/mol. The van der Waals surface area contributed by atoms with E-state index < -0.39 is 0 Å². The number of hydrogen-bond acceptors (Lipinski definition) is 5. The lowest BCUT2D eigenvalue weighted by Gasteiger charge is -2.26. The highest BCUT2D eigenvalue weighted by Gasteiger charge is 2.19. The third-order valence-corrected chi connectivity index (χ3v) is 3.08. The van der Waals surface area contributed by atoms with Crippen molar-refractivity contribution in [2.24, 2.45) is 0 Å². The quantitative estimate of drug-likeness (QED) is 0.690. The summed E-state index contributed by atoms with van der Waals surface area (Å²) in [6.07, 6.45) is 0. The summed E-state index contributed by atoms with van der Waals surface area (Å²) in [7, 11) is 4.94. The van der Waals surface area contributed by atoms with Gasteiger partial charge in [-0.05, 0) is 17.7 Å². The highest BCUT2D eigenvalue weighted by Crippen LogP contribution is 2.22. The van der Waals surface area contributed by atoms with Crippen molar-refractivity contribution in [2.75, 3.05) is 47.6 Å². The Balaban J connectivity index is 2.83. The first-order valence-electron chi connectivity index (χ1n) is 6.52. The molecular formula is C15H22N2O3. The molecular weight excluding hydrogens is 256 g/mol. The van der Waals surface area contributed by atoms with E-state index in [2.05, 4.69) is 11.0 Å². The smallest absolute Gasteiger partial charge is 0.124 e. The van der Waals surface area contributed by atoms with Crippen LogP contribution in [0.4, 0.5) is 0 Å². The summed E-state index contributed by atoms with van der Waals surface area (Å²) in [5.74, 6) is 0.783. The van der Waals surface area contributed by atoms with E-state index in [0.29, 0.717) is 26.3 Å². The van der Waals surface area contributed by atoms with Crippen molar-refractivity contribution in [3.05, 3.63) is 29.8 Å². The van der Waals surface area contributed by atoms with Gasteiger partial charge in [0.1, 0.15) is 11.8 Å². The van der Waals surface area contributed by atoms with Crippen LogP contribution in [0.2, 0.25) is 0 Å². The molecule has 0 aromatic heterocycles. The standard InChI is InChI=1S/C15H22N2O3/c1-18-10-8-17(9-11-19-2)15(12-16)13-4-6-14(20-3)7-5-13/h4-7,15H,8-11H2,1-3H3. The Morgan fingerprint density at radius 1 is 1.05 bits per heavy atom. The van der Waals surface area contributed by atoms with Crippen molar-refractivity contribution < 1.29 is 14.2 Å². The summed E-state index contributed by atoms with van der Waals surface area (Å²) >= 11 is 0. The lowest BCUT2D eigenvalue weighted by Crippen LogP contribution is -2.34. The topological polar surface area (TPSA) is 54.7 Å². The van der Waals surface area contributed by atoms with Gasteiger partial charge in [-0.1, -0.05) is 12.1 Å². The van der Waals surface area contributed by atoms with E-state index in [-0.39, 0.29) is 6.04 Å². The van der Waals surface area contributed by atoms with Crippen LogP contribution in [0.3, 0.4) is 0 Å². The zero-order valence-corrected chi connectivity index (χ0v) is 12.3. The van der Waals surface area contributed by atoms with Gasteiger partial charge < -0.3 is 14.2 Å². The second-order valence-electron chi connectivity index (χ2n) is 4.33. The minimum absolute atomic E-state index is 0.314. The molecule has 0 aliphatic carbocycles. The highest BCUT2D eigenvalue weighted by atomic mass is 16.5. The Morgan fingerprint density at radius 3 is 2.00 bits per heavy atom. The van der Waals surface area contributed by atoms with Gasteiger partial charge >= 0.3 is 0 Å². The first-order chi connectivity index (χ1) is 9.76. The molecule has 0 radical (unpaired) electrons. The monoisotopic (exact) mass is 278 g/mol. The Labute approximate surface area is 120 Å². The first kappa shape index (κ1) is 16.4. The molecule has 110 valence electrons. The van der Waals surface area contributed by atoms with Crippen LogP contribution in [0.25, 0.3) is 0 Å². The van der Waals surface area contributed by atoms with Gasteiger partial charge in [0.05, 0.1) is 26.4 Å². The molecule has 0 bridgehead atoms. The number of ether oxygens (including phenoxy) is 3. The summed E-state index contributed by atoms with van der Waals surface area (Å²) in [6.45, 7) is 2.53. The van der Waals surface area contributed by atoms with Crippen LogP contribution in [0, 0.1) is 11.3 Å². The molecule has 5 heteroatoms. The summed E-state index contributed by atoms with van der Waals surface area (Å²) in [5, 5.41) is 9.47. The molecule has 0 N–H and O–H groups in total. The molecule has 0 saturated heterocycles. The molecule has 0 fully saturated rings. The molecule has 1 aromatic rings. The van der Waals surface area contributed by atoms with E-state index >= 15 is 0 Å². The molecule has 1 aromatic carbocycles. The van der Waals surface area contributed by atoms with Crippen molar-refractivity contribution in [1.29, 1.82) is 5.26 Å². The number of benzene rings is 1. The third-order valence-electron chi connectivity index (χ3n) is 3.08. The van der Waals surface area contributed by atoms with Crippen LogP contribution in [-0.4, -0.2) is 52.5 Å². The van der Waals surface area contributed by atoms with E-state index in [9.17, 15) is 5.26 Å². The predicted octanol–water partition coefficient (Wildman–Crippen LogP) is 1.85. The molecule has 0 heterocycles. The van der Waals surface area contributed by atoms with Gasteiger partial charge in [0, 0.05) is 27.3 Å². The lowest BCUT2D eigenvalue weighted by atomic mass is 10.1. The van der Waals surface area contributed by atoms with Gasteiger partial charge in [0.15, 0.2) is 0 Å². The molecule has 1 atom stereocenters. The number of hydrogen-bond donors (Lipinski definition) is 0. The zero-order valence-electron chi connectivity index (χ0n) is 12.3. The van der Waals surface area contributed by atoms with Crippen molar-refractivity contribution >= 4 is 0 Å². The summed E-state index contributed by atoms with van der Waals surface area (Å²) in [5.41, 5.74) is 0.945. The molecule has 20 heavy (non-hydrogen) atoms. The molecule has 0 aliphatic rings. The number of nitrogens with zero attached hydrogens (tertiary/aromatic N) is 2. The molecule has 0 aliphatic heterocycles. The lowest BCUT2D eigenvalue weighted by molar-refractivity contribution is 0.101. The fourth-order valence-corrected chi connectivity index (χ4v) is 1.94. The van der Waals surface area contributed by atoms with Crippen LogP contribution in [-0.2, 0) is 9.47 Å². The van der Waals surface area contributed by atoms with Crippen molar-refractivity contribution in [3.8, 4) is 11.8 Å². The number of nitriles is 1. The minimum Gasteiger partial charge on any atom is -0.497 e. The molecule has 1 unspecified atom stereocenters. The normalized spacial score (nSPS) is 12.2. The fraction of sp³-hybridized carbons (Fsp3) is 0.533. The highest BCUT2D eigenvalue weighted by molar-refractivity contribution is 5.31.